The molecule has 8 atom stereocenters. The number of aliphatic hydroxyl groups excluding tert-OH is 1. The molecule has 7 fully saturated rings. The zero-order valence-electron chi connectivity index (χ0n) is 29.2. The molecule has 1 aromatic carbocycles. The lowest BCUT2D eigenvalue weighted by Gasteiger charge is -2.71. The summed E-state index contributed by atoms with van der Waals surface area (Å²) in [5.74, 6) is 2.48. The van der Waals surface area contributed by atoms with Gasteiger partial charge in [0, 0.05) is 40.5 Å². The van der Waals surface area contributed by atoms with Gasteiger partial charge in [0.25, 0.3) is 0 Å². The van der Waals surface area contributed by atoms with E-state index in [1.54, 1.807) is 4.31 Å². The van der Waals surface area contributed by atoms with E-state index in [1.165, 1.54) is 25.5 Å². The molecule has 7 heteroatoms. The van der Waals surface area contributed by atoms with Crippen LogP contribution in [0.5, 0.6) is 0 Å². The van der Waals surface area contributed by atoms with Gasteiger partial charge in [0.15, 0.2) is 5.78 Å². The average molecular weight is 674 g/mol. The van der Waals surface area contributed by atoms with E-state index in [4.69, 9.17) is 0 Å². The maximum atomic E-state index is 14.7. The first-order valence-corrected chi connectivity index (χ1v) is 20.9. The molecule has 1 aromatic rings. The molecule has 0 saturated heterocycles. The first kappa shape index (κ1) is 32.1. The zero-order valence-corrected chi connectivity index (χ0v) is 30.0. The monoisotopic (exact) mass is 673 g/mol. The fraction of sp³-hybridized carbons (Fsp3) is 0.732. The smallest absolute Gasteiger partial charge is 0.211 e. The van der Waals surface area contributed by atoms with E-state index >= 15 is 0 Å². The van der Waals surface area contributed by atoms with Crippen LogP contribution in [0.3, 0.4) is 0 Å². The summed E-state index contributed by atoms with van der Waals surface area (Å²) < 4.78 is 29.0. The summed E-state index contributed by atoms with van der Waals surface area (Å²) in [5.41, 5.74) is -1.18. The van der Waals surface area contributed by atoms with Gasteiger partial charge in [-0.1, -0.05) is 62.4 Å². The number of carbonyl (C=O) groups excluding carboxylic acids is 1. The number of aliphatic hydroxyl groups is 2. The van der Waals surface area contributed by atoms with E-state index in [0.717, 1.165) is 74.7 Å². The molecular formula is C41H55NO5S. The van der Waals surface area contributed by atoms with E-state index < -0.39 is 26.5 Å². The van der Waals surface area contributed by atoms with Crippen molar-refractivity contribution in [2.75, 3.05) is 19.3 Å². The summed E-state index contributed by atoms with van der Waals surface area (Å²) in [6.45, 7) is 5.31. The second-order valence-corrected chi connectivity index (χ2v) is 20.9. The fourth-order valence-corrected chi connectivity index (χ4v) is 15.7. The quantitative estimate of drug-likeness (QED) is 0.242. The number of rotatable bonds is 7. The summed E-state index contributed by atoms with van der Waals surface area (Å²) in [4.78, 5) is 14.7. The van der Waals surface area contributed by atoms with Crippen LogP contribution in [0, 0.1) is 56.7 Å². The Balaban J connectivity index is 1.10. The van der Waals surface area contributed by atoms with Crippen molar-refractivity contribution in [3.05, 3.63) is 59.7 Å². The van der Waals surface area contributed by atoms with Gasteiger partial charge in [-0.05, 0) is 124 Å². The first-order valence-electron chi connectivity index (χ1n) is 19.0. The Morgan fingerprint density at radius 2 is 1.44 bits per heavy atom. The average Bonchev–Trinajstić information content (AvgIpc) is 3.29. The highest BCUT2D eigenvalue weighted by molar-refractivity contribution is 7.88. The van der Waals surface area contributed by atoms with Crippen molar-refractivity contribution >= 4 is 15.8 Å². The predicted molar refractivity (Wildman–Crippen MR) is 186 cm³/mol. The third kappa shape index (κ3) is 4.20. The molecule has 7 saturated carbocycles. The highest BCUT2D eigenvalue weighted by Crippen LogP contribution is 2.78. The van der Waals surface area contributed by atoms with Crippen molar-refractivity contribution in [2.24, 2.45) is 56.7 Å². The van der Waals surface area contributed by atoms with E-state index in [9.17, 15) is 23.4 Å². The Morgan fingerprint density at radius 1 is 0.833 bits per heavy atom. The van der Waals surface area contributed by atoms with E-state index in [0.29, 0.717) is 24.9 Å². The van der Waals surface area contributed by atoms with Gasteiger partial charge in [-0.25, -0.2) is 8.42 Å². The number of sulfonamides is 1. The van der Waals surface area contributed by atoms with Gasteiger partial charge in [0.2, 0.25) is 10.0 Å². The van der Waals surface area contributed by atoms with Crippen LogP contribution >= 0.6 is 0 Å². The maximum Gasteiger partial charge on any atom is 0.211 e. The molecule has 2 N–H and O–H groups in total. The Labute approximate surface area is 287 Å². The third-order valence-electron chi connectivity index (χ3n) is 16.6. The Morgan fingerprint density at radius 3 is 2.08 bits per heavy atom. The predicted octanol–water partition coefficient (Wildman–Crippen LogP) is 6.94. The molecule has 11 rings (SSSR count). The molecule has 48 heavy (non-hydrogen) atoms. The Bertz CT molecular complexity index is 1670. The number of nitrogens with zero attached hydrogens (tertiary/aromatic N) is 1. The summed E-state index contributed by atoms with van der Waals surface area (Å²) in [6, 6.07) is 9.62. The number of allylic oxidation sites excluding steroid dienone is 4. The maximum absolute atomic E-state index is 14.7. The lowest BCUT2D eigenvalue weighted by atomic mass is 9.32. The minimum Gasteiger partial charge on any atom is -0.393 e. The van der Waals surface area contributed by atoms with Crippen LogP contribution in [-0.2, 0) is 10.0 Å². The number of hydrogen-bond donors (Lipinski definition) is 2. The minimum atomic E-state index is -3.56. The van der Waals surface area contributed by atoms with Crippen LogP contribution in [0.4, 0.5) is 0 Å². The number of hydrogen-bond acceptors (Lipinski definition) is 5. The highest BCUT2D eigenvalue weighted by atomic mass is 32.2. The number of carbonyl (C=O) groups is 1. The lowest BCUT2D eigenvalue weighted by molar-refractivity contribution is -0.175. The summed E-state index contributed by atoms with van der Waals surface area (Å²) in [5, 5.41) is 24.0. The zero-order chi connectivity index (χ0) is 33.5. The van der Waals surface area contributed by atoms with Crippen molar-refractivity contribution in [3.63, 3.8) is 0 Å². The lowest BCUT2D eigenvalue weighted by Crippen LogP contribution is -2.67. The molecule has 0 aromatic heterocycles. The SMILES string of the molecule is CC12CCC(O)CC13C=CC1(C(C(=O)c4ccccc4)=C3)C2CCC2(C)C1CCC2(O)CN(CC12CC3CC(CC(C3)C1)C2)S(C)(=O)=O. The molecule has 260 valence electrons. The van der Waals surface area contributed by atoms with Crippen molar-refractivity contribution in [3.8, 4) is 0 Å². The first-order chi connectivity index (χ1) is 22.6. The second-order valence-electron chi connectivity index (χ2n) is 19.0. The van der Waals surface area contributed by atoms with Gasteiger partial charge < -0.3 is 10.2 Å². The van der Waals surface area contributed by atoms with Crippen molar-refractivity contribution in [1.29, 1.82) is 0 Å². The van der Waals surface area contributed by atoms with Crippen LogP contribution in [0.2, 0.25) is 0 Å². The van der Waals surface area contributed by atoms with Crippen LogP contribution < -0.4 is 0 Å². The number of Topliss-reactive ketones (excluding diaryl/α,β-unsaturated/α-hetero) is 1. The van der Waals surface area contributed by atoms with Crippen LogP contribution in [-0.4, -0.2) is 59.8 Å². The van der Waals surface area contributed by atoms with Crippen LogP contribution in [0.1, 0.15) is 108 Å². The molecule has 10 aliphatic rings. The standard InChI is InChI=1S/C41H55NO5S/c1-36-12-9-31(43)23-39(36)15-16-41(32(24-39)35(44)30-7-5-4-6-8-30)33(36)10-13-37(2)34(41)11-14-40(37,45)26-42(48(3,46)47)25-38-20-27-17-28(21-38)19-29(18-27)22-38/h4-8,15-16,24,27-29,31,33-34,43,45H,9-14,17-23,25-26H2,1-3H3. The highest BCUT2D eigenvalue weighted by Gasteiger charge is 2.74. The van der Waals surface area contributed by atoms with Gasteiger partial charge in [0.1, 0.15) is 0 Å². The summed E-state index contributed by atoms with van der Waals surface area (Å²) >= 11 is 0. The molecule has 6 nitrogen and oxygen atoms in total. The van der Waals surface area contributed by atoms with E-state index in [2.05, 4.69) is 32.1 Å². The third-order valence-corrected chi connectivity index (χ3v) is 17.8. The normalized spacial score (nSPS) is 49.8. The van der Waals surface area contributed by atoms with Gasteiger partial charge >= 0.3 is 0 Å². The van der Waals surface area contributed by atoms with Gasteiger partial charge in [-0.2, -0.15) is 4.31 Å². The molecule has 10 aliphatic carbocycles. The van der Waals surface area contributed by atoms with Gasteiger partial charge in [-0.15, -0.1) is 0 Å². The van der Waals surface area contributed by atoms with Gasteiger partial charge in [0.05, 0.1) is 18.0 Å². The van der Waals surface area contributed by atoms with Gasteiger partial charge in [-0.3, -0.25) is 4.79 Å². The number of ketones is 1. The van der Waals surface area contributed by atoms with E-state index in [-0.39, 0.29) is 46.5 Å². The Hall–Kier alpha value is -1.80. The van der Waals surface area contributed by atoms with Crippen molar-refractivity contribution in [2.45, 2.75) is 109 Å². The fourth-order valence-electron chi connectivity index (χ4n) is 14.8. The molecule has 0 heterocycles. The molecular weight excluding hydrogens is 619 g/mol. The molecule has 2 spiro atoms. The summed E-state index contributed by atoms with van der Waals surface area (Å²) in [7, 11) is -3.56. The minimum absolute atomic E-state index is 0.00634. The molecule has 0 amide bonds. The van der Waals surface area contributed by atoms with Crippen molar-refractivity contribution < 1.29 is 23.4 Å². The van der Waals surface area contributed by atoms with Crippen LogP contribution in [0.15, 0.2) is 54.1 Å². The number of fused-ring (bicyclic) bond motifs is 1. The largest absolute Gasteiger partial charge is 0.393 e. The second kappa shape index (κ2) is 10.2. The summed E-state index contributed by atoms with van der Waals surface area (Å²) in [6.07, 6.45) is 20.6. The molecule has 6 bridgehead atoms. The van der Waals surface area contributed by atoms with Crippen LogP contribution in [0.25, 0.3) is 0 Å². The van der Waals surface area contributed by atoms with E-state index in [1.807, 2.05) is 30.3 Å². The number of benzene rings is 1. The molecule has 8 unspecified atom stereocenters. The Kier molecular flexibility index (Phi) is 6.81. The molecule has 0 aliphatic heterocycles. The molecule has 0 radical (unpaired) electrons. The van der Waals surface area contributed by atoms with Crippen molar-refractivity contribution in [1.82, 2.24) is 4.31 Å². The topological polar surface area (TPSA) is 94.9 Å².